The first-order chi connectivity index (χ1) is 14.7. The largest absolute Gasteiger partial charge is 0.497 e. The van der Waals surface area contributed by atoms with Gasteiger partial charge in [0.25, 0.3) is 11.8 Å². The van der Waals surface area contributed by atoms with Crippen molar-refractivity contribution in [3.05, 3.63) is 39.8 Å². The van der Waals surface area contributed by atoms with Gasteiger partial charge in [0.1, 0.15) is 22.5 Å². The molecule has 1 aromatic heterocycles. The van der Waals surface area contributed by atoms with E-state index in [0.29, 0.717) is 27.6 Å². The number of thiophene rings is 1. The third kappa shape index (κ3) is 4.82. The molecule has 166 valence electrons. The van der Waals surface area contributed by atoms with Gasteiger partial charge in [-0.25, -0.2) is 0 Å². The van der Waals surface area contributed by atoms with Crippen LogP contribution < -0.4 is 25.8 Å². The zero-order valence-electron chi connectivity index (χ0n) is 18.0. The molecule has 1 aromatic carbocycles. The molecule has 2 aromatic rings. The second-order valence-corrected chi connectivity index (χ2v) is 8.82. The summed E-state index contributed by atoms with van der Waals surface area (Å²) in [4.78, 5) is 39.0. The third-order valence-corrected chi connectivity index (χ3v) is 6.46. The quantitative estimate of drug-likeness (QED) is 0.577. The van der Waals surface area contributed by atoms with Crippen LogP contribution >= 0.6 is 11.3 Å². The van der Waals surface area contributed by atoms with E-state index in [9.17, 15) is 14.4 Å². The number of methoxy groups -OCH3 is 2. The minimum absolute atomic E-state index is 0.194. The number of ether oxygens (including phenoxy) is 2. The van der Waals surface area contributed by atoms with E-state index in [1.807, 2.05) is 13.8 Å². The SMILES string of the molecule is COc1cc(OC)cc(C(=O)N[C@H](C(=O)Nc2sc3c(c2C(N)=O)CCC3)C(C)C)c1. The molecule has 0 spiro atoms. The maximum Gasteiger partial charge on any atom is 0.252 e. The Kier molecular flexibility index (Phi) is 6.84. The van der Waals surface area contributed by atoms with Crippen LogP contribution in [-0.4, -0.2) is 38.0 Å². The van der Waals surface area contributed by atoms with Gasteiger partial charge in [0.2, 0.25) is 5.91 Å². The first-order valence-corrected chi connectivity index (χ1v) is 10.9. The molecule has 3 amide bonds. The molecule has 0 saturated carbocycles. The van der Waals surface area contributed by atoms with Crippen molar-refractivity contribution in [2.45, 2.75) is 39.2 Å². The summed E-state index contributed by atoms with van der Waals surface area (Å²) in [6, 6.07) is 3.98. The van der Waals surface area contributed by atoms with Crippen LogP contribution in [0.5, 0.6) is 11.5 Å². The Morgan fingerprint density at radius 2 is 1.71 bits per heavy atom. The van der Waals surface area contributed by atoms with Crippen LogP contribution in [0.25, 0.3) is 0 Å². The van der Waals surface area contributed by atoms with Gasteiger partial charge in [-0.1, -0.05) is 13.8 Å². The summed E-state index contributed by atoms with van der Waals surface area (Å²) in [6.07, 6.45) is 2.63. The minimum Gasteiger partial charge on any atom is -0.497 e. The molecule has 1 atom stereocenters. The number of carbonyl (C=O) groups is 3. The second kappa shape index (κ2) is 9.38. The van der Waals surface area contributed by atoms with Crippen molar-refractivity contribution in [3.63, 3.8) is 0 Å². The number of amides is 3. The highest BCUT2D eigenvalue weighted by molar-refractivity contribution is 7.17. The molecule has 1 heterocycles. The summed E-state index contributed by atoms with van der Waals surface area (Å²) in [5.74, 6) is -0.650. The lowest BCUT2D eigenvalue weighted by Gasteiger charge is -2.22. The molecule has 31 heavy (non-hydrogen) atoms. The van der Waals surface area contributed by atoms with Gasteiger partial charge in [0.05, 0.1) is 19.8 Å². The number of carbonyl (C=O) groups excluding carboxylic acids is 3. The van der Waals surface area contributed by atoms with E-state index in [0.717, 1.165) is 29.7 Å². The number of primary amides is 1. The first kappa shape index (κ1) is 22.6. The lowest BCUT2D eigenvalue weighted by Crippen LogP contribution is -2.47. The Labute approximate surface area is 185 Å². The highest BCUT2D eigenvalue weighted by Crippen LogP contribution is 2.39. The van der Waals surface area contributed by atoms with Gasteiger partial charge in [0, 0.05) is 16.5 Å². The van der Waals surface area contributed by atoms with E-state index >= 15 is 0 Å². The van der Waals surface area contributed by atoms with Crippen molar-refractivity contribution < 1.29 is 23.9 Å². The summed E-state index contributed by atoms with van der Waals surface area (Å²) in [6.45, 7) is 3.67. The second-order valence-electron chi connectivity index (χ2n) is 7.71. The molecule has 9 heteroatoms. The molecule has 0 bridgehead atoms. The fourth-order valence-corrected chi connectivity index (χ4v) is 4.94. The average Bonchev–Trinajstić information content (AvgIpc) is 3.31. The number of aryl methyl sites for hydroxylation is 1. The Morgan fingerprint density at radius 1 is 1.06 bits per heavy atom. The Balaban J connectivity index is 1.81. The van der Waals surface area contributed by atoms with Gasteiger partial charge in [-0.05, 0) is 42.9 Å². The lowest BCUT2D eigenvalue weighted by atomic mass is 10.0. The van der Waals surface area contributed by atoms with Crippen LogP contribution in [0.1, 0.15) is 51.4 Å². The molecular formula is C22H27N3O5S. The zero-order chi connectivity index (χ0) is 22.7. The number of anilines is 1. The number of fused-ring (bicyclic) bond motifs is 1. The smallest absolute Gasteiger partial charge is 0.252 e. The molecule has 4 N–H and O–H groups in total. The third-order valence-electron chi connectivity index (χ3n) is 5.25. The van der Waals surface area contributed by atoms with Crippen molar-refractivity contribution >= 4 is 34.1 Å². The van der Waals surface area contributed by atoms with E-state index in [-0.39, 0.29) is 5.92 Å². The molecule has 8 nitrogen and oxygen atoms in total. The average molecular weight is 446 g/mol. The number of nitrogens with one attached hydrogen (secondary N) is 2. The predicted molar refractivity (Wildman–Crippen MR) is 119 cm³/mol. The summed E-state index contributed by atoms with van der Waals surface area (Å²) in [5.41, 5.74) is 7.20. The number of hydrogen-bond acceptors (Lipinski definition) is 6. The molecule has 0 radical (unpaired) electrons. The van der Waals surface area contributed by atoms with Crippen molar-refractivity contribution in [3.8, 4) is 11.5 Å². The van der Waals surface area contributed by atoms with Crippen LogP contribution in [0.4, 0.5) is 5.00 Å². The first-order valence-electron chi connectivity index (χ1n) is 10.0. The standard InChI is InChI=1S/C22H27N3O5S/c1-11(2)18(24-20(27)12-8-13(29-3)10-14(9-12)30-4)21(28)25-22-17(19(23)26)15-6-5-7-16(15)31-22/h8-11,18H,5-7H2,1-4H3,(H2,23,26)(H,24,27)(H,25,28)/t18-/m0/s1. The minimum atomic E-state index is -0.817. The molecule has 0 saturated heterocycles. The van der Waals surface area contributed by atoms with Crippen LogP contribution in [0, 0.1) is 5.92 Å². The van der Waals surface area contributed by atoms with E-state index < -0.39 is 23.8 Å². The highest BCUT2D eigenvalue weighted by Gasteiger charge is 2.30. The molecule has 1 aliphatic carbocycles. The zero-order valence-corrected chi connectivity index (χ0v) is 18.9. The fraction of sp³-hybridized carbons (Fsp3) is 0.409. The van der Waals surface area contributed by atoms with Gasteiger partial charge in [-0.2, -0.15) is 0 Å². The van der Waals surface area contributed by atoms with Crippen molar-refractivity contribution in [1.29, 1.82) is 0 Å². The number of nitrogens with two attached hydrogens (primary N) is 1. The topological polar surface area (TPSA) is 120 Å². The predicted octanol–water partition coefficient (Wildman–Crippen LogP) is 2.75. The molecule has 0 unspecified atom stereocenters. The number of rotatable bonds is 8. The van der Waals surface area contributed by atoms with E-state index in [1.54, 1.807) is 18.2 Å². The summed E-state index contributed by atoms with van der Waals surface area (Å²) in [7, 11) is 2.99. The molecule has 0 fully saturated rings. The Bertz CT molecular complexity index is 993. The molecule has 0 aliphatic heterocycles. The van der Waals surface area contributed by atoms with Crippen molar-refractivity contribution in [1.82, 2.24) is 5.32 Å². The van der Waals surface area contributed by atoms with E-state index in [1.165, 1.54) is 25.6 Å². The van der Waals surface area contributed by atoms with E-state index in [2.05, 4.69) is 10.6 Å². The van der Waals surface area contributed by atoms with Crippen molar-refractivity contribution in [2.75, 3.05) is 19.5 Å². The number of benzene rings is 1. The lowest BCUT2D eigenvalue weighted by molar-refractivity contribution is -0.118. The summed E-state index contributed by atoms with van der Waals surface area (Å²) < 4.78 is 10.4. The van der Waals surface area contributed by atoms with Crippen LogP contribution in [0.3, 0.4) is 0 Å². The van der Waals surface area contributed by atoms with Crippen LogP contribution in [0.2, 0.25) is 0 Å². The van der Waals surface area contributed by atoms with Gasteiger partial charge >= 0.3 is 0 Å². The molecule has 1 aliphatic rings. The highest BCUT2D eigenvalue weighted by atomic mass is 32.1. The Morgan fingerprint density at radius 3 is 2.26 bits per heavy atom. The maximum absolute atomic E-state index is 13.0. The van der Waals surface area contributed by atoms with Gasteiger partial charge in [0.15, 0.2) is 0 Å². The monoisotopic (exact) mass is 445 g/mol. The summed E-state index contributed by atoms with van der Waals surface area (Å²) >= 11 is 1.38. The van der Waals surface area contributed by atoms with Gasteiger partial charge < -0.3 is 25.8 Å². The molecule has 3 rings (SSSR count). The Hall–Kier alpha value is -3.07. The van der Waals surface area contributed by atoms with Crippen molar-refractivity contribution in [2.24, 2.45) is 11.7 Å². The fourth-order valence-electron chi connectivity index (χ4n) is 3.64. The maximum atomic E-state index is 13.0. The molecular weight excluding hydrogens is 418 g/mol. The van der Waals surface area contributed by atoms with Gasteiger partial charge in [-0.3, -0.25) is 14.4 Å². The van der Waals surface area contributed by atoms with Crippen LogP contribution in [-0.2, 0) is 17.6 Å². The van der Waals surface area contributed by atoms with Crippen LogP contribution in [0.15, 0.2) is 18.2 Å². The van der Waals surface area contributed by atoms with Gasteiger partial charge in [-0.15, -0.1) is 11.3 Å². The van der Waals surface area contributed by atoms with E-state index in [4.69, 9.17) is 15.2 Å². The summed E-state index contributed by atoms with van der Waals surface area (Å²) in [5, 5.41) is 6.05. The number of hydrogen-bond donors (Lipinski definition) is 3. The normalized spacial score (nSPS) is 13.5.